The Morgan fingerprint density at radius 3 is 2.31 bits per heavy atom. The molecule has 18 heteroatoms. The zero-order valence-electron chi connectivity index (χ0n) is 33.3. The Labute approximate surface area is 352 Å². The van der Waals surface area contributed by atoms with Gasteiger partial charge in [0.15, 0.2) is 5.82 Å². The second-order valence-electron chi connectivity index (χ2n) is 16.8. The fourth-order valence-electron chi connectivity index (χ4n) is 7.66. The van der Waals surface area contributed by atoms with E-state index in [9.17, 15) is 40.4 Å². The van der Waals surface area contributed by atoms with Crippen molar-refractivity contribution in [3.8, 4) is 17.3 Å². The van der Waals surface area contributed by atoms with E-state index in [0.29, 0.717) is 34.3 Å². The fourth-order valence-corrected chi connectivity index (χ4v) is 10.1. The molecule has 3 aliphatic rings. The van der Waals surface area contributed by atoms with Gasteiger partial charge in [-0.3, -0.25) is 19.1 Å². The molecule has 3 N–H and O–H groups in total. The number of sulfonamides is 1. The Hall–Kier alpha value is -5.62. The minimum absolute atomic E-state index is 0.0865. The lowest BCUT2D eigenvalue weighted by Gasteiger charge is -2.36. The number of aromatic nitrogens is 2. The molecule has 1 saturated heterocycles. The molecule has 3 aromatic carbocycles. The molecule has 3 amide bonds. The predicted octanol–water partition coefficient (Wildman–Crippen LogP) is 7.21. The highest BCUT2D eigenvalue weighted by atomic mass is 32.2. The van der Waals surface area contributed by atoms with E-state index in [1.54, 1.807) is 0 Å². The number of nitrogens with one attached hydrogen (secondary N) is 3. The van der Waals surface area contributed by atoms with Gasteiger partial charge < -0.3 is 20.3 Å². The molecule has 0 radical (unpaired) electrons. The second-order valence-corrected chi connectivity index (χ2v) is 19.8. The summed E-state index contributed by atoms with van der Waals surface area (Å²) >= 11 is 1.34. The van der Waals surface area contributed by atoms with Crippen LogP contribution in [0.2, 0.25) is 0 Å². The van der Waals surface area contributed by atoms with Crippen molar-refractivity contribution in [3.63, 3.8) is 0 Å². The summed E-state index contributed by atoms with van der Waals surface area (Å²) in [4.78, 5) is 53.8. The summed E-state index contributed by atoms with van der Waals surface area (Å²) < 4.78 is 90.0. The van der Waals surface area contributed by atoms with Crippen molar-refractivity contribution >= 4 is 65.1 Å². The van der Waals surface area contributed by atoms with Gasteiger partial charge in [-0.25, -0.2) is 17.8 Å². The highest BCUT2D eigenvalue weighted by Crippen LogP contribution is 2.46. The molecule has 3 fully saturated rings. The van der Waals surface area contributed by atoms with Crippen molar-refractivity contribution < 1.29 is 45.1 Å². The molecular weight excluding hydrogens is 837 g/mol. The Morgan fingerprint density at radius 2 is 1.69 bits per heavy atom. The normalized spacial score (nSPS) is 22.1. The maximum Gasteiger partial charge on any atom is 0.416 e. The van der Waals surface area contributed by atoms with Crippen LogP contribution in [-0.4, -0.2) is 76.5 Å². The maximum absolute atomic E-state index is 14.8. The molecule has 5 atom stereocenters. The van der Waals surface area contributed by atoms with E-state index in [1.165, 1.54) is 58.7 Å². The van der Waals surface area contributed by atoms with E-state index in [2.05, 4.69) is 21.9 Å². The number of carbonyl (C=O) groups excluding carboxylic acids is 3. The topological polar surface area (TPSA) is 160 Å². The third-order valence-electron chi connectivity index (χ3n) is 11.3. The highest BCUT2D eigenvalue weighted by molar-refractivity contribution is 7.91. The Bertz CT molecular complexity index is 2660. The van der Waals surface area contributed by atoms with Crippen LogP contribution in [0, 0.1) is 17.2 Å². The van der Waals surface area contributed by atoms with Crippen LogP contribution in [0.5, 0.6) is 5.88 Å². The molecule has 1 aliphatic heterocycles. The Kier molecular flexibility index (Phi) is 10.6. The van der Waals surface area contributed by atoms with Crippen molar-refractivity contribution in [2.45, 2.75) is 81.6 Å². The van der Waals surface area contributed by atoms with Gasteiger partial charge in [-0.2, -0.15) is 18.2 Å². The second kappa shape index (κ2) is 15.4. The van der Waals surface area contributed by atoms with Crippen LogP contribution in [0.1, 0.15) is 52.0 Å². The van der Waals surface area contributed by atoms with Crippen molar-refractivity contribution in [1.29, 1.82) is 0 Å². The van der Waals surface area contributed by atoms with Crippen LogP contribution in [0.3, 0.4) is 0 Å². The van der Waals surface area contributed by atoms with Gasteiger partial charge in [0, 0.05) is 33.7 Å². The molecule has 8 rings (SSSR count). The third kappa shape index (κ3) is 8.39. The number of carbonyl (C=O) groups is 3. The number of alkyl halides is 3. The molecule has 61 heavy (non-hydrogen) atoms. The van der Waals surface area contributed by atoms with Crippen LogP contribution >= 0.6 is 11.3 Å². The molecule has 5 aromatic rings. The first-order valence-electron chi connectivity index (χ1n) is 19.6. The van der Waals surface area contributed by atoms with Gasteiger partial charge in [0.25, 0.3) is 5.91 Å². The van der Waals surface area contributed by atoms with Gasteiger partial charge in [-0.1, -0.05) is 57.2 Å². The highest BCUT2D eigenvalue weighted by Gasteiger charge is 2.62. The van der Waals surface area contributed by atoms with E-state index in [0.717, 1.165) is 22.2 Å². The minimum atomic E-state index is -4.56. The number of benzene rings is 3. The SMILES string of the molecule is C=C[C@@H]1C[C@]1(NC(=O)[C@@H]1C[C@@H](Oc2nc(-c3ccc(C(F)(F)F)cc3)nc3c2sc2ccccc23)CN1C(=O)[C@@H](Nc1ccc(F)cc1)C(C)(C)C)C(=O)NS(=O)(=O)C1CC1. The van der Waals surface area contributed by atoms with Crippen molar-refractivity contribution in [3.05, 3.63) is 96.8 Å². The molecule has 0 unspecified atom stereocenters. The predicted molar refractivity (Wildman–Crippen MR) is 222 cm³/mol. The minimum Gasteiger partial charge on any atom is -0.471 e. The summed E-state index contributed by atoms with van der Waals surface area (Å²) in [6.45, 7) is 9.11. The average Bonchev–Trinajstić information content (AvgIpc) is 4.11. The summed E-state index contributed by atoms with van der Waals surface area (Å²) in [5.74, 6) is -3.00. The van der Waals surface area contributed by atoms with Crippen molar-refractivity contribution in [2.24, 2.45) is 11.3 Å². The van der Waals surface area contributed by atoms with Crippen LogP contribution in [0.25, 0.3) is 31.7 Å². The largest absolute Gasteiger partial charge is 0.471 e. The van der Waals surface area contributed by atoms with E-state index in [-0.39, 0.29) is 31.1 Å². The van der Waals surface area contributed by atoms with E-state index in [1.807, 2.05) is 45.0 Å². The monoisotopic (exact) mass is 878 g/mol. The first-order valence-corrected chi connectivity index (χ1v) is 22.0. The van der Waals surface area contributed by atoms with Crippen LogP contribution in [0.15, 0.2) is 85.5 Å². The summed E-state index contributed by atoms with van der Waals surface area (Å²) in [5, 5.41) is 6.05. The van der Waals surface area contributed by atoms with Crippen molar-refractivity contribution in [1.82, 2.24) is 24.9 Å². The van der Waals surface area contributed by atoms with Gasteiger partial charge in [0.05, 0.1) is 22.9 Å². The van der Waals surface area contributed by atoms with Gasteiger partial charge in [0.1, 0.15) is 34.2 Å². The third-order valence-corrected chi connectivity index (χ3v) is 14.3. The Morgan fingerprint density at radius 1 is 1.00 bits per heavy atom. The lowest BCUT2D eigenvalue weighted by atomic mass is 9.85. The number of amides is 3. The molecule has 2 aliphatic carbocycles. The average molecular weight is 879 g/mol. The molecule has 320 valence electrons. The smallest absolute Gasteiger partial charge is 0.416 e. The number of thiophene rings is 1. The van der Waals surface area contributed by atoms with Gasteiger partial charge in [-0.15, -0.1) is 17.9 Å². The first kappa shape index (κ1) is 42.1. The molecule has 2 saturated carbocycles. The molecule has 0 spiro atoms. The lowest BCUT2D eigenvalue weighted by molar-refractivity contribution is -0.141. The Balaban J connectivity index is 1.15. The number of likely N-dealkylation sites (tertiary alicyclic amines) is 1. The summed E-state index contributed by atoms with van der Waals surface area (Å²) in [7, 11) is -3.97. The zero-order chi connectivity index (χ0) is 43.6. The zero-order valence-corrected chi connectivity index (χ0v) is 34.9. The van der Waals surface area contributed by atoms with E-state index >= 15 is 0 Å². The number of ether oxygens (including phenoxy) is 1. The summed E-state index contributed by atoms with van der Waals surface area (Å²) in [6, 6.07) is 15.1. The summed E-state index contributed by atoms with van der Waals surface area (Å²) in [6.07, 6.45) is -3.14. The maximum atomic E-state index is 14.8. The number of anilines is 1. The van der Waals surface area contributed by atoms with Gasteiger partial charge in [-0.05, 0) is 67.1 Å². The quantitative estimate of drug-likeness (QED) is 0.0870. The molecular formula is C43H42F4N6O6S2. The summed E-state index contributed by atoms with van der Waals surface area (Å²) in [5.41, 5.74) is -1.99. The number of nitrogens with zero attached hydrogens (tertiary/aromatic N) is 3. The van der Waals surface area contributed by atoms with Gasteiger partial charge in [0.2, 0.25) is 27.7 Å². The van der Waals surface area contributed by atoms with Crippen LogP contribution < -0.4 is 20.1 Å². The first-order chi connectivity index (χ1) is 28.8. The van der Waals surface area contributed by atoms with E-state index < -0.39 is 85.6 Å². The number of fused-ring (bicyclic) bond motifs is 3. The number of rotatable bonds is 12. The van der Waals surface area contributed by atoms with Crippen molar-refractivity contribution in [2.75, 3.05) is 11.9 Å². The standard InChI is InChI=1S/C43H42F4N6O6S2/c1-5-24-21-42(24,40(56)52-61(57,58)29-18-19-29)51-37(54)31-20-28(22-53(31)39(55)35(41(2,3)4)48-27-16-14-26(44)15-17-27)59-38-34-33(30-8-6-7-9-32(30)60-34)49-36(50-38)23-10-12-25(13-11-23)43(45,46)47/h5-17,24,28-29,31,35,48H,1,18-22H2,2-4H3,(H,51,54)(H,52,56)/t24-,28-,31+,35-,42-/m1/s1. The van der Waals surface area contributed by atoms with E-state index in [4.69, 9.17) is 14.7 Å². The molecule has 2 aromatic heterocycles. The number of hydrogen-bond donors (Lipinski definition) is 3. The van der Waals surface area contributed by atoms with Crippen LogP contribution in [0.4, 0.5) is 23.2 Å². The fraction of sp³-hybridized carbons (Fsp3) is 0.372. The molecule has 12 nitrogen and oxygen atoms in total. The van der Waals surface area contributed by atoms with Crippen LogP contribution in [-0.2, 0) is 30.6 Å². The molecule has 3 heterocycles. The lowest BCUT2D eigenvalue weighted by Crippen LogP contribution is -2.58. The molecule has 0 bridgehead atoms. The van der Waals surface area contributed by atoms with Gasteiger partial charge >= 0.3 is 6.18 Å². The number of hydrogen-bond acceptors (Lipinski definition) is 10. The number of halogens is 4.